The third kappa shape index (κ3) is 3.39. The van der Waals surface area contributed by atoms with Gasteiger partial charge in [0, 0.05) is 23.5 Å². The van der Waals surface area contributed by atoms with E-state index in [2.05, 4.69) is 21.7 Å². The Morgan fingerprint density at radius 2 is 1.85 bits per heavy atom. The number of oxazole rings is 1. The summed E-state index contributed by atoms with van der Waals surface area (Å²) < 4.78 is 35.2. The second-order valence-corrected chi connectivity index (χ2v) is 10.9. The number of rotatable bonds is 3. The van der Waals surface area contributed by atoms with Gasteiger partial charge in [0.15, 0.2) is 5.58 Å². The highest BCUT2D eigenvalue weighted by Crippen LogP contribution is 2.37. The number of fused-ring (bicyclic) bond motifs is 3. The predicted octanol–water partition coefficient (Wildman–Crippen LogP) is 3.68. The second kappa shape index (κ2) is 6.44. The number of nitrogens with zero attached hydrogens (tertiary/aromatic N) is 2. The van der Waals surface area contributed by atoms with Crippen molar-refractivity contribution in [2.75, 3.05) is 7.05 Å². The Bertz CT molecular complexity index is 966. The molecule has 0 spiro atoms. The van der Waals surface area contributed by atoms with Gasteiger partial charge in [0.25, 0.3) is 0 Å². The molecule has 0 amide bonds. The third-order valence-electron chi connectivity index (χ3n) is 5.79. The van der Waals surface area contributed by atoms with Crippen molar-refractivity contribution in [2.45, 2.75) is 74.9 Å². The van der Waals surface area contributed by atoms with Crippen LogP contribution in [0, 0.1) is 0 Å². The predicted molar refractivity (Wildman–Crippen MR) is 106 cm³/mol. The van der Waals surface area contributed by atoms with Crippen LogP contribution < -0.4 is 4.72 Å². The van der Waals surface area contributed by atoms with Crippen LogP contribution in [-0.4, -0.2) is 43.5 Å². The van der Waals surface area contributed by atoms with Gasteiger partial charge in [0.1, 0.15) is 10.4 Å². The number of sulfonamides is 1. The van der Waals surface area contributed by atoms with Gasteiger partial charge in [-0.3, -0.25) is 0 Å². The van der Waals surface area contributed by atoms with Crippen LogP contribution in [0.3, 0.4) is 0 Å². The van der Waals surface area contributed by atoms with Crippen molar-refractivity contribution in [3.05, 3.63) is 23.0 Å². The fraction of sp³-hybridized carbons (Fsp3) is 0.632. The SMILES string of the molecule is CN1[C@@H]2CC[C@H]1CC(NS(=O)(=O)c1c(Cl)ccc3nc(C(C)(C)C)oc13)C2. The molecule has 2 saturated heterocycles. The van der Waals surface area contributed by atoms with Crippen LogP contribution in [0.25, 0.3) is 11.1 Å². The lowest BCUT2D eigenvalue weighted by Crippen LogP contribution is -2.48. The van der Waals surface area contributed by atoms with Crippen LogP contribution in [-0.2, 0) is 15.4 Å². The van der Waals surface area contributed by atoms with Crippen LogP contribution in [0.2, 0.25) is 5.02 Å². The number of aromatic nitrogens is 1. The molecule has 4 rings (SSSR count). The van der Waals surface area contributed by atoms with Crippen molar-refractivity contribution >= 4 is 32.7 Å². The highest BCUT2D eigenvalue weighted by molar-refractivity contribution is 7.89. The quantitative estimate of drug-likeness (QED) is 0.833. The average Bonchev–Trinajstić information content (AvgIpc) is 3.05. The molecule has 0 aliphatic carbocycles. The van der Waals surface area contributed by atoms with Gasteiger partial charge < -0.3 is 9.32 Å². The lowest BCUT2D eigenvalue weighted by Gasteiger charge is -2.36. The smallest absolute Gasteiger partial charge is 0.246 e. The van der Waals surface area contributed by atoms with Gasteiger partial charge >= 0.3 is 0 Å². The van der Waals surface area contributed by atoms with Crippen LogP contribution in [0.4, 0.5) is 0 Å². The molecule has 3 atom stereocenters. The number of nitrogens with one attached hydrogen (secondary N) is 1. The molecule has 2 aliphatic heterocycles. The first-order chi connectivity index (χ1) is 12.6. The number of hydrogen-bond acceptors (Lipinski definition) is 5. The maximum absolute atomic E-state index is 13.2. The summed E-state index contributed by atoms with van der Waals surface area (Å²) >= 11 is 6.31. The fourth-order valence-corrected chi connectivity index (χ4v) is 6.22. The van der Waals surface area contributed by atoms with E-state index in [0.717, 1.165) is 25.7 Å². The first-order valence-corrected chi connectivity index (χ1v) is 11.3. The molecule has 8 heteroatoms. The normalized spacial score (nSPS) is 26.8. The first kappa shape index (κ1) is 19.2. The van der Waals surface area contributed by atoms with E-state index in [1.807, 2.05) is 20.8 Å². The summed E-state index contributed by atoms with van der Waals surface area (Å²) in [6, 6.07) is 4.08. The molecule has 1 aromatic carbocycles. The number of benzene rings is 1. The van der Waals surface area contributed by atoms with Crippen molar-refractivity contribution in [3.8, 4) is 0 Å². The van der Waals surface area contributed by atoms with Crippen LogP contribution in [0.15, 0.2) is 21.4 Å². The van der Waals surface area contributed by atoms with Crippen molar-refractivity contribution in [3.63, 3.8) is 0 Å². The van der Waals surface area contributed by atoms with E-state index < -0.39 is 10.0 Å². The van der Waals surface area contributed by atoms with E-state index >= 15 is 0 Å². The molecule has 27 heavy (non-hydrogen) atoms. The molecule has 2 aromatic rings. The summed E-state index contributed by atoms with van der Waals surface area (Å²) in [6.07, 6.45) is 3.91. The number of piperidine rings is 1. The summed E-state index contributed by atoms with van der Waals surface area (Å²) in [5.74, 6) is 0.494. The first-order valence-electron chi connectivity index (χ1n) is 9.40. The summed E-state index contributed by atoms with van der Waals surface area (Å²) in [7, 11) is -1.69. The molecule has 2 bridgehead atoms. The summed E-state index contributed by atoms with van der Waals surface area (Å²) in [4.78, 5) is 6.84. The van der Waals surface area contributed by atoms with E-state index in [9.17, 15) is 8.42 Å². The van der Waals surface area contributed by atoms with Crippen LogP contribution >= 0.6 is 11.6 Å². The highest BCUT2D eigenvalue weighted by Gasteiger charge is 2.40. The van der Waals surface area contributed by atoms with Gasteiger partial charge in [-0.15, -0.1) is 0 Å². The third-order valence-corrected chi connectivity index (χ3v) is 7.81. The van der Waals surface area contributed by atoms with E-state index in [1.54, 1.807) is 12.1 Å². The molecule has 0 saturated carbocycles. The number of hydrogen-bond donors (Lipinski definition) is 1. The highest BCUT2D eigenvalue weighted by atomic mass is 35.5. The fourth-order valence-electron chi connectivity index (χ4n) is 4.30. The Kier molecular flexibility index (Phi) is 4.57. The molecule has 6 nitrogen and oxygen atoms in total. The molecule has 148 valence electrons. The van der Waals surface area contributed by atoms with Crippen molar-refractivity contribution < 1.29 is 12.8 Å². The minimum atomic E-state index is -3.82. The Labute approximate surface area is 165 Å². The minimum absolute atomic E-state index is 0.00376. The number of halogens is 1. The van der Waals surface area contributed by atoms with Gasteiger partial charge in [0.05, 0.1) is 5.02 Å². The molecule has 1 N–H and O–H groups in total. The summed E-state index contributed by atoms with van der Waals surface area (Å²) in [5.41, 5.74) is 0.414. The largest absolute Gasteiger partial charge is 0.439 e. The Morgan fingerprint density at radius 1 is 1.22 bits per heavy atom. The van der Waals surface area contributed by atoms with E-state index in [0.29, 0.717) is 23.5 Å². The zero-order valence-electron chi connectivity index (χ0n) is 16.1. The van der Waals surface area contributed by atoms with Crippen molar-refractivity contribution in [2.24, 2.45) is 0 Å². The maximum atomic E-state index is 13.2. The van der Waals surface area contributed by atoms with Gasteiger partial charge in [-0.25, -0.2) is 18.1 Å². The van der Waals surface area contributed by atoms with Gasteiger partial charge in [0.2, 0.25) is 15.9 Å². The molecule has 3 heterocycles. The zero-order valence-corrected chi connectivity index (χ0v) is 17.7. The summed E-state index contributed by atoms with van der Waals surface area (Å²) in [5, 5.41) is 0.155. The van der Waals surface area contributed by atoms with Gasteiger partial charge in [-0.05, 0) is 44.9 Å². The lowest BCUT2D eigenvalue weighted by atomic mass is 9.97. The molecule has 2 fully saturated rings. The molecule has 1 aromatic heterocycles. The van der Waals surface area contributed by atoms with Gasteiger partial charge in [-0.1, -0.05) is 32.4 Å². The summed E-state index contributed by atoms with van der Waals surface area (Å²) in [6.45, 7) is 5.92. The maximum Gasteiger partial charge on any atom is 0.246 e. The molecule has 0 radical (unpaired) electrons. The topological polar surface area (TPSA) is 75.4 Å². The monoisotopic (exact) mass is 411 g/mol. The lowest BCUT2D eigenvalue weighted by molar-refractivity contribution is 0.157. The Hall–Kier alpha value is -1.15. The van der Waals surface area contributed by atoms with E-state index in [-0.39, 0.29) is 27.0 Å². The van der Waals surface area contributed by atoms with Crippen LogP contribution in [0.1, 0.15) is 52.3 Å². The Balaban J connectivity index is 1.70. The second-order valence-electron chi connectivity index (χ2n) is 8.83. The average molecular weight is 412 g/mol. The van der Waals surface area contributed by atoms with Crippen LogP contribution in [0.5, 0.6) is 0 Å². The molecule has 2 aliphatic rings. The van der Waals surface area contributed by atoms with E-state index in [1.165, 1.54) is 0 Å². The standard InChI is InChI=1S/C19H26ClN3O3S/c1-19(2,3)18-21-15-8-7-14(20)17(16(15)26-18)27(24,25)22-11-9-12-5-6-13(10-11)23(12)4/h7-8,11-13,22H,5-6,9-10H2,1-4H3/t11?,12-,13+. The molecular weight excluding hydrogens is 386 g/mol. The van der Waals surface area contributed by atoms with E-state index in [4.69, 9.17) is 16.0 Å². The van der Waals surface area contributed by atoms with Gasteiger partial charge in [-0.2, -0.15) is 0 Å². The molecular formula is C19H26ClN3O3S. The minimum Gasteiger partial charge on any atom is -0.439 e. The molecule has 1 unspecified atom stereocenters. The van der Waals surface area contributed by atoms with Crippen molar-refractivity contribution in [1.29, 1.82) is 0 Å². The Morgan fingerprint density at radius 3 is 2.44 bits per heavy atom. The van der Waals surface area contributed by atoms with Crippen molar-refractivity contribution in [1.82, 2.24) is 14.6 Å². The zero-order chi connectivity index (χ0) is 19.6.